The quantitative estimate of drug-likeness (QED) is 0.737. The molecule has 0 bridgehead atoms. The number of benzene rings is 1. The van der Waals surface area contributed by atoms with E-state index >= 15 is 0 Å². The minimum atomic E-state index is -0.525. The molecule has 2 N–H and O–H groups in total. The summed E-state index contributed by atoms with van der Waals surface area (Å²) in [7, 11) is 3.25. The highest BCUT2D eigenvalue weighted by molar-refractivity contribution is 6.00. The Morgan fingerprint density at radius 1 is 1.06 bits per heavy atom. The normalized spacial score (nSPS) is 16.6. The second kappa shape index (κ2) is 9.36. The number of nitrogens with one attached hydrogen (secondary N) is 2. The number of fused-ring (bicyclic) bond motifs is 1. The number of hydrogen-bond donors (Lipinski definition) is 2. The lowest BCUT2D eigenvalue weighted by Gasteiger charge is -2.41. The number of aliphatic imine (C=N–C) groups is 1. The lowest BCUT2D eigenvalue weighted by molar-refractivity contribution is -0.127. The summed E-state index contributed by atoms with van der Waals surface area (Å²) in [6, 6.07) is 7.92. The van der Waals surface area contributed by atoms with Gasteiger partial charge < -0.3 is 14.8 Å². The lowest BCUT2D eigenvalue weighted by atomic mass is 9.96. The van der Waals surface area contributed by atoms with Crippen molar-refractivity contribution in [1.82, 2.24) is 25.6 Å². The molecule has 176 valence electrons. The first kappa shape index (κ1) is 23.0. The molecule has 1 fully saturated rings. The number of hydrogen-bond acceptors (Lipinski definition) is 8. The van der Waals surface area contributed by atoms with E-state index in [0.717, 1.165) is 42.9 Å². The van der Waals surface area contributed by atoms with E-state index in [2.05, 4.69) is 31.7 Å². The standard InChI is InChI=1S/C24H32N6O3/c1-24(2,3)22(31)28-23-27-21-18(15-30(23)29-10-8-25-9-11-29)12-17(14-26-21)16-6-7-19(32-4)20(13-16)33-5/h6-7,12-14,25H,8-11,15H2,1-5H3,(H,26,27,28,31). The number of piperazine rings is 1. The van der Waals surface area contributed by atoms with Crippen molar-refractivity contribution in [2.24, 2.45) is 10.4 Å². The van der Waals surface area contributed by atoms with Gasteiger partial charge >= 0.3 is 0 Å². The Bertz CT molecular complexity index is 1060. The van der Waals surface area contributed by atoms with Gasteiger partial charge in [0, 0.05) is 48.9 Å². The molecule has 2 aliphatic rings. The maximum absolute atomic E-state index is 12.7. The molecule has 4 rings (SSSR count). The number of pyridine rings is 1. The molecule has 0 saturated carbocycles. The van der Waals surface area contributed by atoms with E-state index in [1.54, 1.807) is 20.4 Å². The predicted molar refractivity (Wildman–Crippen MR) is 127 cm³/mol. The van der Waals surface area contributed by atoms with Crippen LogP contribution in [0.5, 0.6) is 11.5 Å². The van der Waals surface area contributed by atoms with Gasteiger partial charge in [-0.25, -0.2) is 9.99 Å². The van der Waals surface area contributed by atoms with E-state index in [4.69, 9.17) is 14.5 Å². The molecule has 9 heteroatoms. The summed E-state index contributed by atoms with van der Waals surface area (Å²) in [6.45, 7) is 9.69. The molecule has 1 aromatic heterocycles. The number of methoxy groups -OCH3 is 2. The molecule has 1 saturated heterocycles. The molecule has 1 amide bonds. The number of rotatable bonds is 4. The molecule has 33 heavy (non-hydrogen) atoms. The van der Waals surface area contributed by atoms with Gasteiger partial charge in [0.1, 0.15) is 0 Å². The molecule has 0 spiro atoms. The second-order valence-electron chi connectivity index (χ2n) is 9.18. The van der Waals surface area contributed by atoms with Crippen molar-refractivity contribution in [2.75, 3.05) is 40.4 Å². The summed E-state index contributed by atoms with van der Waals surface area (Å²) in [5.41, 5.74) is 2.41. The zero-order valence-corrected chi connectivity index (χ0v) is 19.9. The fourth-order valence-electron chi connectivity index (χ4n) is 3.80. The van der Waals surface area contributed by atoms with Crippen molar-refractivity contribution in [3.8, 4) is 22.6 Å². The van der Waals surface area contributed by atoms with Gasteiger partial charge in [-0.2, -0.15) is 4.99 Å². The monoisotopic (exact) mass is 452 g/mol. The van der Waals surface area contributed by atoms with Crippen LogP contribution in [-0.4, -0.2) is 67.3 Å². The SMILES string of the molecule is COc1ccc(-c2cnc3c(c2)CN(N2CCNCC2)C(NC(=O)C(C)(C)C)=N3)cc1OC. The molecular weight excluding hydrogens is 420 g/mol. The predicted octanol–water partition coefficient (Wildman–Crippen LogP) is 2.55. The largest absolute Gasteiger partial charge is 0.493 e. The number of carbonyl (C=O) groups is 1. The van der Waals surface area contributed by atoms with Gasteiger partial charge in [0.05, 0.1) is 20.8 Å². The third-order valence-electron chi connectivity index (χ3n) is 5.78. The Kier molecular flexibility index (Phi) is 6.53. The molecule has 2 aromatic rings. The Hall–Kier alpha value is -3.17. The molecule has 1 aromatic carbocycles. The van der Waals surface area contributed by atoms with Gasteiger partial charge in [0.2, 0.25) is 11.9 Å². The Balaban J connectivity index is 1.69. The van der Waals surface area contributed by atoms with Gasteiger partial charge in [-0.15, -0.1) is 0 Å². The smallest absolute Gasteiger partial charge is 0.232 e. The van der Waals surface area contributed by atoms with E-state index in [0.29, 0.717) is 29.8 Å². The first-order chi connectivity index (χ1) is 15.8. The van der Waals surface area contributed by atoms with Crippen LogP contribution in [0.4, 0.5) is 5.82 Å². The molecule has 3 heterocycles. The van der Waals surface area contributed by atoms with E-state index in [1.165, 1.54) is 0 Å². The van der Waals surface area contributed by atoms with Crippen LogP contribution in [0.15, 0.2) is 35.5 Å². The Morgan fingerprint density at radius 2 is 1.79 bits per heavy atom. The van der Waals surface area contributed by atoms with Crippen LogP contribution < -0.4 is 20.1 Å². The number of hydrazine groups is 1. The highest BCUT2D eigenvalue weighted by Gasteiger charge is 2.31. The number of carbonyl (C=O) groups excluding carboxylic acids is 1. The van der Waals surface area contributed by atoms with E-state index in [9.17, 15) is 4.79 Å². The minimum absolute atomic E-state index is 0.0771. The highest BCUT2D eigenvalue weighted by Crippen LogP contribution is 2.34. The average molecular weight is 453 g/mol. The first-order valence-electron chi connectivity index (χ1n) is 11.1. The summed E-state index contributed by atoms with van der Waals surface area (Å²) >= 11 is 0. The first-order valence-corrected chi connectivity index (χ1v) is 11.1. The molecule has 0 atom stereocenters. The number of ether oxygens (including phenoxy) is 2. The van der Waals surface area contributed by atoms with Crippen LogP contribution in [0.3, 0.4) is 0 Å². The van der Waals surface area contributed by atoms with Gasteiger partial charge in [0.15, 0.2) is 17.3 Å². The molecule has 9 nitrogen and oxygen atoms in total. The summed E-state index contributed by atoms with van der Waals surface area (Å²) < 4.78 is 10.8. The molecule has 0 unspecified atom stereocenters. The maximum Gasteiger partial charge on any atom is 0.232 e. The van der Waals surface area contributed by atoms with Crippen LogP contribution in [-0.2, 0) is 11.3 Å². The molecule has 2 aliphatic heterocycles. The van der Waals surface area contributed by atoms with Crippen molar-refractivity contribution in [1.29, 1.82) is 0 Å². The molecular formula is C24H32N6O3. The maximum atomic E-state index is 12.7. The van der Waals surface area contributed by atoms with E-state index in [1.807, 2.05) is 39.0 Å². The van der Waals surface area contributed by atoms with E-state index in [-0.39, 0.29) is 5.91 Å². The van der Waals surface area contributed by atoms with Crippen molar-refractivity contribution >= 4 is 17.7 Å². The van der Waals surface area contributed by atoms with Crippen molar-refractivity contribution in [3.63, 3.8) is 0 Å². The third kappa shape index (κ3) is 4.94. The second-order valence-corrected chi connectivity index (χ2v) is 9.18. The van der Waals surface area contributed by atoms with Crippen LogP contribution >= 0.6 is 0 Å². The zero-order chi connectivity index (χ0) is 23.6. The average Bonchev–Trinajstić information content (AvgIpc) is 2.82. The highest BCUT2D eigenvalue weighted by atomic mass is 16.5. The van der Waals surface area contributed by atoms with Gasteiger partial charge in [-0.05, 0) is 23.8 Å². The van der Waals surface area contributed by atoms with Crippen LogP contribution in [0.25, 0.3) is 11.1 Å². The minimum Gasteiger partial charge on any atom is -0.493 e. The fraction of sp³-hybridized carbons (Fsp3) is 0.458. The van der Waals surface area contributed by atoms with Gasteiger partial charge in [-0.1, -0.05) is 26.8 Å². The number of nitrogens with zero attached hydrogens (tertiary/aromatic N) is 4. The number of amides is 1. The van der Waals surface area contributed by atoms with Crippen molar-refractivity contribution in [2.45, 2.75) is 27.3 Å². The Morgan fingerprint density at radius 3 is 2.45 bits per heavy atom. The number of aromatic nitrogens is 1. The summed E-state index contributed by atoms with van der Waals surface area (Å²) in [6.07, 6.45) is 1.80. The fourth-order valence-corrected chi connectivity index (χ4v) is 3.80. The molecule has 0 radical (unpaired) electrons. The van der Waals surface area contributed by atoms with E-state index < -0.39 is 5.41 Å². The summed E-state index contributed by atoms with van der Waals surface area (Å²) in [5, 5.41) is 10.7. The zero-order valence-electron chi connectivity index (χ0n) is 19.9. The molecule has 0 aliphatic carbocycles. The van der Waals surface area contributed by atoms with Crippen LogP contribution in [0.2, 0.25) is 0 Å². The van der Waals surface area contributed by atoms with Crippen molar-refractivity contribution in [3.05, 3.63) is 36.0 Å². The topological polar surface area (TPSA) is 91.3 Å². The third-order valence-corrected chi connectivity index (χ3v) is 5.78. The van der Waals surface area contributed by atoms with Crippen molar-refractivity contribution < 1.29 is 14.3 Å². The van der Waals surface area contributed by atoms with Crippen LogP contribution in [0.1, 0.15) is 26.3 Å². The summed E-state index contributed by atoms with van der Waals surface area (Å²) in [5.74, 6) is 2.42. The van der Waals surface area contributed by atoms with Gasteiger partial charge in [0.25, 0.3) is 0 Å². The lowest BCUT2D eigenvalue weighted by Crippen LogP contribution is -2.59. The van der Waals surface area contributed by atoms with Crippen LogP contribution in [0, 0.1) is 5.41 Å². The number of guanidine groups is 1. The summed E-state index contributed by atoms with van der Waals surface area (Å²) in [4.78, 5) is 22.1. The van der Waals surface area contributed by atoms with Gasteiger partial charge in [-0.3, -0.25) is 15.1 Å². The Labute approximate surface area is 194 Å².